The number of ether oxygens (including phenoxy) is 1. The van der Waals surface area contributed by atoms with E-state index in [0.717, 1.165) is 26.0 Å². The maximum absolute atomic E-state index is 11.6. The van der Waals surface area contributed by atoms with Gasteiger partial charge in [-0.2, -0.15) is 0 Å². The topological polar surface area (TPSA) is 55.4 Å². The minimum absolute atomic E-state index is 0. The molecule has 2 heterocycles. The molecule has 17 heavy (non-hydrogen) atoms. The van der Waals surface area contributed by atoms with E-state index < -0.39 is 15.6 Å². The summed E-state index contributed by atoms with van der Waals surface area (Å²) in [5.74, 6) is 1.22. The number of sulfone groups is 1. The van der Waals surface area contributed by atoms with Crippen molar-refractivity contribution in [2.24, 2.45) is 11.8 Å². The Balaban J connectivity index is 0.00000144. The molecular formula is C11H22ClNO3S. The Morgan fingerprint density at radius 2 is 2.12 bits per heavy atom. The number of nitrogens with one attached hydrogen (secondary N) is 1. The average Bonchev–Trinajstić information content (AvgIpc) is 2.21. The molecule has 0 saturated carbocycles. The summed E-state index contributed by atoms with van der Waals surface area (Å²) in [4.78, 5) is 0. The van der Waals surface area contributed by atoms with Gasteiger partial charge in [-0.25, -0.2) is 8.42 Å². The van der Waals surface area contributed by atoms with Gasteiger partial charge >= 0.3 is 0 Å². The molecule has 0 amide bonds. The summed E-state index contributed by atoms with van der Waals surface area (Å²) in [6.45, 7) is 5.75. The van der Waals surface area contributed by atoms with Gasteiger partial charge in [-0.1, -0.05) is 6.92 Å². The van der Waals surface area contributed by atoms with Crippen molar-refractivity contribution in [2.75, 3.05) is 24.7 Å². The molecule has 1 N–H and O–H groups in total. The Labute approximate surface area is 110 Å². The molecule has 3 unspecified atom stereocenters. The molecule has 2 fully saturated rings. The highest BCUT2D eigenvalue weighted by Crippen LogP contribution is 2.31. The van der Waals surface area contributed by atoms with E-state index in [4.69, 9.17) is 4.74 Å². The molecule has 0 bridgehead atoms. The summed E-state index contributed by atoms with van der Waals surface area (Å²) in [5, 5.41) is 3.37. The van der Waals surface area contributed by atoms with Crippen molar-refractivity contribution in [3.05, 3.63) is 0 Å². The summed E-state index contributed by atoms with van der Waals surface area (Å²) in [6.07, 6.45) is 1.71. The van der Waals surface area contributed by atoms with Crippen molar-refractivity contribution >= 4 is 22.2 Å². The van der Waals surface area contributed by atoms with Crippen molar-refractivity contribution in [1.29, 1.82) is 0 Å². The Hall–Kier alpha value is 0.160. The monoisotopic (exact) mass is 283 g/mol. The molecule has 0 spiro atoms. The summed E-state index contributed by atoms with van der Waals surface area (Å²) < 4.78 is 29.1. The van der Waals surface area contributed by atoms with Gasteiger partial charge in [-0.3, -0.25) is 5.32 Å². The molecule has 0 aromatic heterocycles. The van der Waals surface area contributed by atoms with Crippen molar-refractivity contribution < 1.29 is 13.2 Å². The second kappa shape index (κ2) is 5.43. The largest absolute Gasteiger partial charge is 0.360 e. The van der Waals surface area contributed by atoms with E-state index in [0.29, 0.717) is 11.7 Å². The summed E-state index contributed by atoms with van der Waals surface area (Å²) in [7, 11) is -2.85. The third kappa shape index (κ3) is 3.56. The van der Waals surface area contributed by atoms with Crippen LogP contribution in [0.1, 0.15) is 26.7 Å². The zero-order chi connectivity index (χ0) is 11.8. The fourth-order valence-electron chi connectivity index (χ4n) is 2.52. The van der Waals surface area contributed by atoms with Gasteiger partial charge in [-0.05, 0) is 25.7 Å². The van der Waals surface area contributed by atoms with Crippen LogP contribution < -0.4 is 5.32 Å². The molecule has 2 aliphatic heterocycles. The first-order chi connectivity index (χ1) is 7.41. The van der Waals surface area contributed by atoms with Crippen molar-refractivity contribution in [3.8, 4) is 0 Å². The summed E-state index contributed by atoms with van der Waals surface area (Å²) in [5.41, 5.74) is -0.444. The van der Waals surface area contributed by atoms with Crippen LogP contribution in [0.15, 0.2) is 0 Å². The standard InChI is InChI=1S/C11H21NO3S.ClH/c1-9-6-12-11(2,15-7-9)10-4-3-5-16(13,14)8-10;/h9-10,12H,3-8H2,1-2H3;1H. The molecule has 3 atom stereocenters. The normalized spacial score (nSPS) is 41.5. The number of halogens is 1. The van der Waals surface area contributed by atoms with Crippen molar-refractivity contribution in [3.63, 3.8) is 0 Å². The van der Waals surface area contributed by atoms with Gasteiger partial charge < -0.3 is 4.74 Å². The van der Waals surface area contributed by atoms with Gasteiger partial charge in [0.25, 0.3) is 0 Å². The van der Waals surface area contributed by atoms with Crippen molar-refractivity contribution in [1.82, 2.24) is 5.32 Å². The second-order valence-electron chi connectivity index (χ2n) is 5.36. The quantitative estimate of drug-likeness (QED) is 0.786. The first kappa shape index (κ1) is 15.2. The molecule has 0 aromatic rings. The molecule has 2 rings (SSSR count). The summed E-state index contributed by atoms with van der Waals surface area (Å²) in [6, 6.07) is 0. The summed E-state index contributed by atoms with van der Waals surface area (Å²) >= 11 is 0. The molecule has 102 valence electrons. The van der Waals surface area contributed by atoms with Crippen molar-refractivity contribution in [2.45, 2.75) is 32.4 Å². The third-order valence-electron chi connectivity index (χ3n) is 3.71. The predicted molar refractivity (Wildman–Crippen MR) is 70.1 cm³/mol. The highest BCUT2D eigenvalue weighted by atomic mass is 35.5. The maximum Gasteiger partial charge on any atom is 0.150 e. The SMILES string of the molecule is CC1CNC(C)(C2CCCS(=O)(=O)C2)OC1.Cl. The first-order valence-corrected chi connectivity index (χ1v) is 7.83. The van der Waals surface area contributed by atoms with Crippen LogP contribution in [0.3, 0.4) is 0 Å². The maximum atomic E-state index is 11.6. The van der Waals surface area contributed by atoms with Crippen LogP contribution in [-0.2, 0) is 14.6 Å². The van der Waals surface area contributed by atoms with E-state index in [2.05, 4.69) is 12.2 Å². The minimum atomic E-state index is -2.85. The third-order valence-corrected chi connectivity index (χ3v) is 5.53. The van der Waals surface area contributed by atoms with Crippen LogP contribution in [0, 0.1) is 11.8 Å². The zero-order valence-corrected chi connectivity index (χ0v) is 12.1. The molecule has 0 radical (unpaired) electrons. The number of hydrogen-bond acceptors (Lipinski definition) is 4. The van der Waals surface area contributed by atoms with E-state index in [1.54, 1.807) is 0 Å². The number of rotatable bonds is 1. The molecule has 0 aromatic carbocycles. The fourth-order valence-corrected chi connectivity index (χ4v) is 4.39. The van der Waals surface area contributed by atoms with E-state index in [9.17, 15) is 8.42 Å². The molecule has 2 aliphatic rings. The van der Waals surface area contributed by atoms with Gasteiger partial charge in [0, 0.05) is 12.5 Å². The van der Waals surface area contributed by atoms with Gasteiger partial charge in [-0.15, -0.1) is 12.4 Å². The van der Waals surface area contributed by atoms with E-state index in [-0.39, 0.29) is 24.1 Å². The minimum Gasteiger partial charge on any atom is -0.360 e. The van der Waals surface area contributed by atoms with E-state index in [1.807, 2.05) is 6.92 Å². The molecule has 2 saturated heterocycles. The van der Waals surface area contributed by atoms with Crippen LogP contribution in [-0.4, -0.2) is 38.8 Å². The molecule has 0 aliphatic carbocycles. The smallest absolute Gasteiger partial charge is 0.150 e. The van der Waals surface area contributed by atoms with Crippen LogP contribution in [0.4, 0.5) is 0 Å². The Bertz CT molecular complexity index is 350. The lowest BCUT2D eigenvalue weighted by Crippen LogP contribution is -2.59. The average molecular weight is 284 g/mol. The molecule has 6 heteroatoms. The first-order valence-electron chi connectivity index (χ1n) is 6.01. The predicted octanol–water partition coefficient (Wildman–Crippen LogP) is 1.21. The van der Waals surface area contributed by atoms with Crippen LogP contribution >= 0.6 is 12.4 Å². The van der Waals surface area contributed by atoms with Gasteiger partial charge in [0.05, 0.1) is 18.1 Å². The second-order valence-corrected chi connectivity index (χ2v) is 7.59. The fraction of sp³-hybridized carbons (Fsp3) is 1.00. The van der Waals surface area contributed by atoms with Gasteiger partial charge in [0.1, 0.15) is 5.72 Å². The Kier molecular flexibility index (Phi) is 4.86. The Morgan fingerprint density at radius 1 is 1.41 bits per heavy atom. The lowest BCUT2D eigenvalue weighted by molar-refractivity contribution is -0.133. The van der Waals surface area contributed by atoms with E-state index in [1.165, 1.54) is 0 Å². The number of hydrogen-bond donors (Lipinski definition) is 1. The lowest BCUT2D eigenvalue weighted by atomic mass is 9.91. The highest BCUT2D eigenvalue weighted by Gasteiger charge is 2.41. The van der Waals surface area contributed by atoms with Crippen LogP contribution in [0.5, 0.6) is 0 Å². The molecular weight excluding hydrogens is 262 g/mol. The highest BCUT2D eigenvalue weighted by molar-refractivity contribution is 7.91. The molecule has 4 nitrogen and oxygen atoms in total. The van der Waals surface area contributed by atoms with E-state index >= 15 is 0 Å². The zero-order valence-electron chi connectivity index (χ0n) is 10.4. The lowest BCUT2D eigenvalue weighted by Gasteiger charge is -2.44. The Morgan fingerprint density at radius 3 is 2.65 bits per heavy atom. The van der Waals surface area contributed by atoms with Gasteiger partial charge in [0.2, 0.25) is 0 Å². The van der Waals surface area contributed by atoms with Gasteiger partial charge in [0.15, 0.2) is 9.84 Å². The van der Waals surface area contributed by atoms with Crippen LogP contribution in [0.2, 0.25) is 0 Å². The van der Waals surface area contributed by atoms with Crippen LogP contribution in [0.25, 0.3) is 0 Å².